The summed E-state index contributed by atoms with van der Waals surface area (Å²) in [5, 5.41) is 18.3. The molecule has 0 bridgehead atoms. The number of rotatable bonds is 5. The minimum Gasteiger partial charge on any atom is -0.381 e. The van der Waals surface area contributed by atoms with E-state index in [9.17, 15) is 4.79 Å². The molecule has 164 valence electrons. The summed E-state index contributed by atoms with van der Waals surface area (Å²) in [5.74, 6) is 6.75. The van der Waals surface area contributed by atoms with Crippen LogP contribution in [-0.4, -0.2) is 51.1 Å². The van der Waals surface area contributed by atoms with E-state index in [1.165, 1.54) is 6.20 Å². The number of carbonyl (C=O) groups is 1. The summed E-state index contributed by atoms with van der Waals surface area (Å²) in [5.41, 5.74) is 1.51. The molecule has 3 heterocycles. The molecule has 2 saturated carbocycles. The zero-order valence-corrected chi connectivity index (χ0v) is 17.8. The highest BCUT2D eigenvalue weighted by molar-refractivity contribution is 5.97. The van der Waals surface area contributed by atoms with E-state index < -0.39 is 6.98 Å². The molecule has 0 spiro atoms. The van der Waals surface area contributed by atoms with Gasteiger partial charge in [-0.3, -0.25) is 9.48 Å². The molecule has 3 aromatic rings. The second-order valence-electron chi connectivity index (χ2n) is 8.39. The Morgan fingerprint density at radius 1 is 1.28 bits per heavy atom. The molecule has 9 nitrogen and oxygen atoms in total. The summed E-state index contributed by atoms with van der Waals surface area (Å²) >= 11 is 0. The van der Waals surface area contributed by atoms with Gasteiger partial charge in [-0.25, -0.2) is 4.98 Å². The van der Waals surface area contributed by atoms with E-state index in [1.54, 1.807) is 19.4 Å². The Balaban J connectivity index is 1.45. The molecule has 5 rings (SSSR count). The first-order valence-corrected chi connectivity index (χ1v) is 10.5. The maximum Gasteiger partial charge on any atom is 0.228 e. The van der Waals surface area contributed by atoms with Crippen LogP contribution in [0.5, 0.6) is 0 Å². The molecule has 3 aromatic heterocycles. The number of aromatic nitrogens is 5. The number of amides is 1. The fraction of sp³-hybridized carbons (Fsp3) is 0.435. The molecule has 0 radical (unpaired) electrons. The number of nitrogens with one attached hydrogen (secondary N) is 2. The highest BCUT2D eigenvalue weighted by Crippen LogP contribution is 2.38. The van der Waals surface area contributed by atoms with E-state index in [-0.39, 0.29) is 35.1 Å². The van der Waals surface area contributed by atoms with Gasteiger partial charge in [0.2, 0.25) is 5.91 Å². The zero-order chi connectivity index (χ0) is 24.7. The van der Waals surface area contributed by atoms with Crippen LogP contribution in [0.2, 0.25) is 0 Å². The van der Waals surface area contributed by atoms with E-state index in [0.29, 0.717) is 22.9 Å². The molecule has 0 aromatic carbocycles. The van der Waals surface area contributed by atoms with Crippen molar-refractivity contribution in [2.75, 3.05) is 24.7 Å². The summed E-state index contributed by atoms with van der Waals surface area (Å²) in [6.07, 6.45) is 8.05. The van der Waals surface area contributed by atoms with Gasteiger partial charge in [-0.15, -0.1) is 10.2 Å². The number of hydrogen-bond donors (Lipinski definition) is 2. The fourth-order valence-electron chi connectivity index (χ4n) is 3.88. The maximum atomic E-state index is 12.4. The van der Waals surface area contributed by atoms with Gasteiger partial charge in [-0.05, 0) is 31.2 Å². The highest BCUT2D eigenvalue weighted by Gasteiger charge is 2.39. The van der Waals surface area contributed by atoms with Gasteiger partial charge in [0.15, 0.2) is 11.6 Å². The maximum absolute atomic E-state index is 12.4. The molecule has 2 aliphatic rings. The topological polar surface area (TPSA) is 107 Å². The lowest BCUT2D eigenvalue weighted by atomic mass is 9.89. The number of pyridine rings is 1. The fourth-order valence-corrected chi connectivity index (χ4v) is 3.88. The van der Waals surface area contributed by atoms with E-state index >= 15 is 0 Å². The summed E-state index contributed by atoms with van der Waals surface area (Å²) in [4.78, 5) is 16.6. The first-order chi connectivity index (χ1) is 16.7. The van der Waals surface area contributed by atoms with Crippen molar-refractivity contribution in [3.8, 4) is 11.8 Å². The van der Waals surface area contributed by atoms with E-state index in [4.69, 9.17) is 8.85 Å². The molecule has 1 amide bonds. The number of anilines is 2. The van der Waals surface area contributed by atoms with Crippen molar-refractivity contribution in [3.05, 3.63) is 35.8 Å². The number of ether oxygens (including phenoxy) is 1. The number of nitrogens with zero attached hydrogens (tertiary/aromatic N) is 5. The first kappa shape index (κ1) is 17.1. The molecule has 0 saturated heterocycles. The highest BCUT2D eigenvalue weighted by atomic mass is 16.5. The summed E-state index contributed by atoms with van der Waals surface area (Å²) in [6, 6.07) is 1.95. The Hall–Kier alpha value is -3.51. The smallest absolute Gasteiger partial charge is 0.228 e. The normalized spacial score (nSPS) is 25.5. The Morgan fingerprint density at radius 2 is 2.12 bits per heavy atom. The Kier molecular flexibility index (Phi) is 4.38. The van der Waals surface area contributed by atoms with E-state index in [1.807, 2.05) is 17.8 Å². The molecule has 32 heavy (non-hydrogen) atoms. The average Bonchev–Trinajstić information content (AvgIpc) is 3.33. The van der Waals surface area contributed by atoms with E-state index in [0.717, 1.165) is 24.8 Å². The second-order valence-corrected chi connectivity index (χ2v) is 8.39. The lowest BCUT2D eigenvalue weighted by Gasteiger charge is -2.33. The van der Waals surface area contributed by atoms with Crippen molar-refractivity contribution in [2.24, 2.45) is 11.8 Å². The Bertz CT molecular complexity index is 1340. The van der Waals surface area contributed by atoms with Crippen molar-refractivity contribution in [1.82, 2.24) is 25.0 Å². The molecule has 2 aliphatic carbocycles. The molecule has 0 aliphatic heterocycles. The van der Waals surface area contributed by atoms with Crippen LogP contribution in [0.25, 0.3) is 10.9 Å². The molecule has 2 fully saturated rings. The molecule has 9 heteroatoms. The van der Waals surface area contributed by atoms with Crippen molar-refractivity contribution in [3.63, 3.8) is 0 Å². The lowest BCUT2D eigenvalue weighted by molar-refractivity contribution is -0.117. The second kappa shape index (κ2) is 8.20. The molecule has 2 atom stereocenters. The van der Waals surface area contributed by atoms with Gasteiger partial charge in [0.05, 0.1) is 29.5 Å². The minimum absolute atomic E-state index is 0.0247. The third-order valence-electron chi connectivity index (χ3n) is 6.17. The predicted molar refractivity (Wildman–Crippen MR) is 120 cm³/mol. The van der Waals surface area contributed by atoms with Crippen molar-refractivity contribution >= 4 is 28.4 Å². The predicted octanol–water partition coefficient (Wildman–Crippen LogP) is 2.61. The van der Waals surface area contributed by atoms with Crippen molar-refractivity contribution < 1.29 is 13.6 Å². The third-order valence-corrected chi connectivity index (χ3v) is 6.17. The summed E-state index contributed by atoms with van der Waals surface area (Å²) in [7, 11) is 1.71. The number of hydrogen-bond acceptors (Lipinski definition) is 7. The third kappa shape index (κ3) is 3.89. The molecular weight excluding hydrogens is 406 g/mol. The molecule has 0 unspecified atom stereocenters. The zero-order valence-electron chi connectivity index (χ0n) is 20.8. The largest absolute Gasteiger partial charge is 0.381 e. The van der Waals surface area contributed by atoms with Gasteiger partial charge >= 0.3 is 0 Å². The number of fused-ring (bicyclic) bond motifs is 1. The van der Waals surface area contributed by atoms with Gasteiger partial charge in [-0.1, -0.05) is 18.8 Å². The van der Waals surface area contributed by atoms with Crippen molar-refractivity contribution in [1.29, 1.82) is 0 Å². The van der Waals surface area contributed by atoms with Gasteiger partial charge < -0.3 is 15.4 Å². The van der Waals surface area contributed by atoms with Crippen LogP contribution >= 0.6 is 0 Å². The lowest BCUT2D eigenvalue weighted by Crippen LogP contribution is -2.32. The van der Waals surface area contributed by atoms with Crippen LogP contribution in [0.4, 0.5) is 11.6 Å². The van der Waals surface area contributed by atoms with Crippen LogP contribution in [0, 0.1) is 23.7 Å². The number of carbonyl (C=O) groups excluding carboxylic acids is 1. The molecule has 2 N–H and O–H groups in total. The Labute approximate surface area is 190 Å². The van der Waals surface area contributed by atoms with Crippen LogP contribution in [0.1, 0.15) is 47.5 Å². The van der Waals surface area contributed by atoms with Crippen LogP contribution < -0.4 is 10.6 Å². The van der Waals surface area contributed by atoms with Crippen molar-refractivity contribution in [2.45, 2.75) is 38.3 Å². The molecular formula is C23H25N7O2. The van der Waals surface area contributed by atoms with Gasteiger partial charge in [0.25, 0.3) is 0 Å². The average molecular weight is 435 g/mol. The van der Waals surface area contributed by atoms with Gasteiger partial charge in [-0.2, -0.15) is 5.10 Å². The number of methoxy groups -OCH3 is 1. The van der Waals surface area contributed by atoms with Gasteiger partial charge in [0.1, 0.15) is 5.52 Å². The Morgan fingerprint density at radius 3 is 2.88 bits per heavy atom. The summed E-state index contributed by atoms with van der Waals surface area (Å²) < 4.78 is 29.8. The van der Waals surface area contributed by atoms with Crippen LogP contribution in [0.15, 0.2) is 24.7 Å². The van der Waals surface area contributed by atoms with Gasteiger partial charge in [0, 0.05) is 41.9 Å². The monoisotopic (exact) mass is 434 g/mol. The summed E-state index contributed by atoms with van der Waals surface area (Å²) in [6.45, 7) is -0.437. The minimum atomic E-state index is -2.46. The SMILES string of the molecule is [2H]C([2H])([2H])Nc1ncc(C#Cc2cnn(C3CC(OC)C3)c2)c2cc(NC(=O)[C@H]3C[C@H]3C)nnc12. The first-order valence-electron chi connectivity index (χ1n) is 12.0. The van der Waals surface area contributed by atoms with Crippen LogP contribution in [-0.2, 0) is 9.53 Å². The standard InChI is InChI=1S/C23H25N7O2/c1-13-6-18(13)23(31)27-20-9-19-15(11-25-22(24-2)21(19)29-28-20)5-4-14-10-26-30(12-14)16-7-17(8-16)32-3/h9-13,16-18H,6-8H2,1-3H3,(H,24,25)(H,27,28,31)/t13-,16?,17?,18+/m1/s1/i2D3. The quantitative estimate of drug-likeness (QED) is 0.595. The van der Waals surface area contributed by atoms with Crippen LogP contribution in [0.3, 0.4) is 0 Å². The van der Waals surface area contributed by atoms with E-state index in [2.05, 4.69) is 42.8 Å².